The van der Waals surface area contributed by atoms with Gasteiger partial charge >= 0.3 is 11.9 Å². The van der Waals surface area contributed by atoms with E-state index in [1.54, 1.807) is 6.92 Å². The molecule has 0 heterocycles. The van der Waals surface area contributed by atoms with Crippen molar-refractivity contribution in [2.24, 2.45) is 0 Å². The quantitative estimate of drug-likeness (QED) is 0.373. The van der Waals surface area contributed by atoms with Gasteiger partial charge in [-0.15, -0.1) is 0 Å². The lowest BCUT2D eigenvalue weighted by molar-refractivity contribution is -0.143. The second-order valence-corrected chi connectivity index (χ2v) is 3.83. The minimum Gasteiger partial charge on any atom is -0.463 e. The molecule has 17 heavy (non-hydrogen) atoms. The fourth-order valence-corrected chi connectivity index (χ4v) is 1.30. The lowest BCUT2D eigenvalue weighted by Gasteiger charge is -2.10. The van der Waals surface area contributed by atoms with Gasteiger partial charge in [0.2, 0.25) is 0 Å². The molecule has 0 rings (SSSR count). The first kappa shape index (κ1) is 15.7. The normalized spacial score (nSPS) is 12.4. The number of hydrogen-bond donors (Lipinski definition) is 0. The van der Waals surface area contributed by atoms with Crippen LogP contribution in [0.5, 0.6) is 0 Å². The van der Waals surface area contributed by atoms with E-state index in [1.165, 1.54) is 0 Å². The molecule has 0 saturated heterocycles. The van der Waals surface area contributed by atoms with Crippen LogP contribution in [0.2, 0.25) is 0 Å². The molecule has 0 N–H and O–H groups in total. The highest BCUT2D eigenvalue weighted by Crippen LogP contribution is 2.06. The van der Waals surface area contributed by atoms with E-state index in [4.69, 9.17) is 4.74 Å². The molecular formula is C13H22O4. The van der Waals surface area contributed by atoms with E-state index in [-0.39, 0.29) is 6.10 Å². The summed E-state index contributed by atoms with van der Waals surface area (Å²) in [5.41, 5.74) is 0. The maximum Gasteiger partial charge on any atom is 0.331 e. The van der Waals surface area contributed by atoms with Gasteiger partial charge in [-0.05, 0) is 26.7 Å². The lowest BCUT2D eigenvalue weighted by atomic mass is 10.1. The molecule has 0 bridgehead atoms. The molecule has 0 radical (unpaired) electrons. The molecule has 0 saturated carbocycles. The smallest absolute Gasteiger partial charge is 0.331 e. The number of ether oxygens (including phenoxy) is 2. The average Bonchev–Trinajstić information content (AvgIpc) is 2.27. The van der Waals surface area contributed by atoms with Crippen molar-refractivity contribution in [2.75, 3.05) is 6.61 Å². The summed E-state index contributed by atoms with van der Waals surface area (Å²) in [5, 5.41) is 0. The van der Waals surface area contributed by atoms with E-state index in [0.29, 0.717) is 6.61 Å². The molecule has 0 aromatic carbocycles. The minimum absolute atomic E-state index is 0.110. The van der Waals surface area contributed by atoms with E-state index >= 15 is 0 Å². The molecular weight excluding hydrogens is 220 g/mol. The van der Waals surface area contributed by atoms with Crippen molar-refractivity contribution in [3.63, 3.8) is 0 Å². The maximum absolute atomic E-state index is 11.3. The van der Waals surface area contributed by atoms with E-state index in [0.717, 1.165) is 37.8 Å². The fraction of sp³-hybridized carbons (Fsp3) is 0.692. The molecule has 0 amide bonds. The van der Waals surface area contributed by atoms with Crippen molar-refractivity contribution in [3.05, 3.63) is 12.2 Å². The van der Waals surface area contributed by atoms with Crippen LogP contribution in [0.25, 0.3) is 0 Å². The van der Waals surface area contributed by atoms with Crippen molar-refractivity contribution < 1.29 is 19.1 Å². The first-order valence-electron chi connectivity index (χ1n) is 6.15. The highest BCUT2D eigenvalue weighted by Gasteiger charge is 2.06. The van der Waals surface area contributed by atoms with E-state index in [2.05, 4.69) is 11.7 Å². The Morgan fingerprint density at radius 3 is 2.35 bits per heavy atom. The second kappa shape index (κ2) is 9.87. The van der Waals surface area contributed by atoms with Crippen LogP contribution in [0.15, 0.2) is 12.2 Å². The Bertz CT molecular complexity index is 258. The van der Waals surface area contributed by atoms with Crippen molar-refractivity contribution in [1.82, 2.24) is 0 Å². The third-order valence-electron chi connectivity index (χ3n) is 2.17. The van der Waals surface area contributed by atoms with Crippen molar-refractivity contribution in [3.8, 4) is 0 Å². The molecule has 0 aliphatic carbocycles. The van der Waals surface area contributed by atoms with Crippen LogP contribution in [0.1, 0.15) is 46.5 Å². The Morgan fingerprint density at radius 2 is 1.76 bits per heavy atom. The summed E-state index contributed by atoms with van der Waals surface area (Å²) in [7, 11) is 0. The van der Waals surface area contributed by atoms with Gasteiger partial charge in [-0.3, -0.25) is 0 Å². The van der Waals surface area contributed by atoms with Gasteiger partial charge < -0.3 is 9.47 Å². The molecule has 0 aliphatic rings. The number of esters is 2. The molecule has 98 valence electrons. The molecule has 1 unspecified atom stereocenters. The van der Waals surface area contributed by atoms with E-state index < -0.39 is 11.9 Å². The summed E-state index contributed by atoms with van der Waals surface area (Å²) >= 11 is 0. The second-order valence-electron chi connectivity index (χ2n) is 3.83. The largest absolute Gasteiger partial charge is 0.463 e. The SMILES string of the molecule is CCCCCC(C)OC(=O)/C=C/C(=O)OCC. The van der Waals surface area contributed by atoms with Gasteiger partial charge in [-0.1, -0.05) is 19.8 Å². The summed E-state index contributed by atoms with van der Waals surface area (Å²) in [4.78, 5) is 22.2. The number of carbonyl (C=O) groups excluding carboxylic acids is 2. The van der Waals surface area contributed by atoms with Gasteiger partial charge in [0.05, 0.1) is 12.7 Å². The molecule has 0 spiro atoms. The van der Waals surface area contributed by atoms with Gasteiger partial charge in [0.25, 0.3) is 0 Å². The van der Waals surface area contributed by atoms with Crippen molar-refractivity contribution >= 4 is 11.9 Å². The zero-order valence-corrected chi connectivity index (χ0v) is 10.9. The van der Waals surface area contributed by atoms with Crippen LogP contribution in [0, 0.1) is 0 Å². The van der Waals surface area contributed by atoms with E-state index in [1.807, 2.05) is 6.92 Å². The Labute approximate surface area is 103 Å². The summed E-state index contributed by atoms with van der Waals surface area (Å²) < 4.78 is 9.74. The van der Waals surface area contributed by atoms with Gasteiger partial charge in [-0.25, -0.2) is 9.59 Å². The van der Waals surface area contributed by atoms with Crippen molar-refractivity contribution in [2.45, 2.75) is 52.6 Å². The third kappa shape index (κ3) is 9.60. The predicted molar refractivity (Wildman–Crippen MR) is 65.5 cm³/mol. The molecule has 0 aromatic rings. The Hall–Kier alpha value is -1.32. The number of unbranched alkanes of at least 4 members (excludes halogenated alkanes) is 2. The third-order valence-corrected chi connectivity index (χ3v) is 2.17. The zero-order chi connectivity index (χ0) is 13.1. The summed E-state index contributed by atoms with van der Waals surface area (Å²) in [5.74, 6) is -1.02. The highest BCUT2D eigenvalue weighted by atomic mass is 16.5. The first-order chi connectivity index (χ1) is 8.10. The molecule has 4 heteroatoms. The minimum atomic E-state index is -0.525. The Morgan fingerprint density at radius 1 is 1.12 bits per heavy atom. The van der Waals surface area contributed by atoms with Gasteiger partial charge in [0, 0.05) is 12.2 Å². The average molecular weight is 242 g/mol. The van der Waals surface area contributed by atoms with Crippen LogP contribution < -0.4 is 0 Å². The predicted octanol–water partition coefficient (Wildman–Crippen LogP) is 2.62. The van der Waals surface area contributed by atoms with Gasteiger partial charge in [0.15, 0.2) is 0 Å². The zero-order valence-electron chi connectivity index (χ0n) is 10.9. The topological polar surface area (TPSA) is 52.6 Å². The van der Waals surface area contributed by atoms with Crippen LogP contribution in [-0.4, -0.2) is 24.6 Å². The van der Waals surface area contributed by atoms with Crippen LogP contribution >= 0.6 is 0 Å². The summed E-state index contributed by atoms with van der Waals surface area (Å²) in [6.07, 6.45) is 6.27. The van der Waals surface area contributed by atoms with Gasteiger partial charge in [0.1, 0.15) is 0 Å². The summed E-state index contributed by atoms with van der Waals surface area (Å²) in [6, 6.07) is 0. The molecule has 0 aliphatic heterocycles. The van der Waals surface area contributed by atoms with Gasteiger partial charge in [-0.2, -0.15) is 0 Å². The number of hydrogen-bond acceptors (Lipinski definition) is 4. The molecule has 0 aromatic heterocycles. The van der Waals surface area contributed by atoms with Crippen LogP contribution in [-0.2, 0) is 19.1 Å². The standard InChI is InChI=1S/C13H22O4/c1-4-6-7-8-11(3)17-13(15)10-9-12(14)16-5-2/h9-11H,4-8H2,1-3H3/b10-9+. The number of rotatable bonds is 8. The summed E-state index contributed by atoms with van der Waals surface area (Å²) in [6.45, 7) is 5.98. The fourth-order valence-electron chi connectivity index (χ4n) is 1.30. The molecule has 1 atom stereocenters. The highest BCUT2D eigenvalue weighted by molar-refractivity contribution is 5.91. The first-order valence-corrected chi connectivity index (χ1v) is 6.15. The maximum atomic E-state index is 11.3. The number of carbonyl (C=O) groups is 2. The molecule has 4 nitrogen and oxygen atoms in total. The lowest BCUT2D eigenvalue weighted by Crippen LogP contribution is -2.13. The Kier molecular flexibility index (Phi) is 9.11. The van der Waals surface area contributed by atoms with Crippen molar-refractivity contribution in [1.29, 1.82) is 0 Å². The van der Waals surface area contributed by atoms with E-state index in [9.17, 15) is 9.59 Å². The van der Waals surface area contributed by atoms with Crippen LogP contribution in [0.3, 0.4) is 0 Å². The Balaban J connectivity index is 3.80. The monoisotopic (exact) mass is 242 g/mol. The van der Waals surface area contributed by atoms with Crippen LogP contribution in [0.4, 0.5) is 0 Å². The molecule has 0 fully saturated rings.